The molecule has 4 rings (SSSR count). The van der Waals surface area contributed by atoms with Crippen LogP contribution in [-0.4, -0.2) is 31.3 Å². The van der Waals surface area contributed by atoms with E-state index in [1.54, 1.807) is 12.1 Å². The van der Waals surface area contributed by atoms with Crippen LogP contribution in [0, 0.1) is 6.92 Å². The summed E-state index contributed by atoms with van der Waals surface area (Å²) < 4.78 is 5.23. The van der Waals surface area contributed by atoms with E-state index in [1.807, 2.05) is 18.2 Å². The first-order chi connectivity index (χ1) is 13.0. The molecule has 2 heterocycles. The Kier molecular flexibility index (Phi) is 4.81. The number of aromatic hydroxyl groups is 1. The van der Waals surface area contributed by atoms with Gasteiger partial charge < -0.3 is 19.3 Å². The maximum absolute atomic E-state index is 11.9. The molecule has 0 aliphatic carbocycles. The Morgan fingerprint density at radius 1 is 1.15 bits per heavy atom. The maximum atomic E-state index is 11.9. The van der Waals surface area contributed by atoms with Gasteiger partial charge in [-0.05, 0) is 36.8 Å². The minimum Gasteiger partial charge on any atom is -0.508 e. The molecule has 0 bridgehead atoms. The van der Waals surface area contributed by atoms with Crippen molar-refractivity contribution in [3.63, 3.8) is 0 Å². The summed E-state index contributed by atoms with van der Waals surface area (Å²) in [5.74, 6) is 0.0978. The zero-order valence-corrected chi connectivity index (χ0v) is 15.9. The molecule has 0 unspecified atom stereocenters. The molecule has 1 aliphatic heterocycles. The highest BCUT2D eigenvalue weighted by atomic mass is 35.5. The first kappa shape index (κ1) is 17.9. The summed E-state index contributed by atoms with van der Waals surface area (Å²) in [6.07, 6.45) is 0. The number of quaternary nitrogens is 1. The Bertz CT molecular complexity index is 1040. The van der Waals surface area contributed by atoms with E-state index in [2.05, 4.69) is 17.9 Å². The van der Waals surface area contributed by atoms with Gasteiger partial charge in [0.1, 0.15) is 17.9 Å². The number of aryl methyl sites for hydroxylation is 1. The van der Waals surface area contributed by atoms with Crippen molar-refractivity contribution in [1.29, 1.82) is 0 Å². The molecule has 0 saturated carbocycles. The molecule has 2 N–H and O–H groups in total. The van der Waals surface area contributed by atoms with Crippen molar-refractivity contribution in [3.8, 4) is 5.75 Å². The third-order valence-electron chi connectivity index (χ3n) is 5.24. The Hall–Kier alpha value is -2.50. The molecule has 2 aromatic carbocycles. The number of fused-ring (bicyclic) bond motifs is 1. The maximum Gasteiger partial charge on any atom is 0.336 e. The second-order valence-electron chi connectivity index (χ2n) is 7.12. The van der Waals surface area contributed by atoms with Gasteiger partial charge in [0.05, 0.1) is 26.2 Å². The number of rotatable bonds is 3. The molecule has 1 aliphatic rings. The van der Waals surface area contributed by atoms with Gasteiger partial charge >= 0.3 is 5.63 Å². The van der Waals surface area contributed by atoms with E-state index in [1.165, 1.54) is 22.2 Å². The summed E-state index contributed by atoms with van der Waals surface area (Å²) in [6, 6.07) is 12.5. The summed E-state index contributed by atoms with van der Waals surface area (Å²) in [5, 5.41) is 11.3. The quantitative estimate of drug-likeness (QED) is 0.680. The van der Waals surface area contributed by atoms with Gasteiger partial charge in [-0.1, -0.05) is 17.7 Å². The number of benzene rings is 2. The molecule has 27 heavy (non-hydrogen) atoms. The SMILES string of the molecule is Cc1ccc(Cl)cc1N1CC[NH+](Cc2cc(=O)oc3cc(O)ccc23)CC1. The summed E-state index contributed by atoms with van der Waals surface area (Å²) in [5.41, 5.74) is 3.45. The molecule has 140 valence electrons. The van der Waals surface area contributed by atoms with Crippen molar-refractivity contribution in [3.05, 3.63) is 69.0 Å². The van der Waals surface area contributed by atoms with Gasteiger partial charge in [-0.25, -0.2) is 4.79 Å². The van der Waals surface area contributed by atoms with E-state index in [0.717, 1.165) is 48.7 Å². The van der Waals surface area contributed by atoms with E-state index in [4.69, 9.17) is 16.0 Å². The van der Waals surface area contributed by atoms with Crippen LogP contribution in [0.4, 0.5) is 5.69 Å². The first-order valence-electron chi connectivity index (χ1n) is 9.10. The molecular weight excluding hydrogens is 364 g/mol. The van der Waals surface area contributed by atoms with Crippen molar-refractivity contribution in [2.75, 3.05) is 31.1 Å². The van der Waals surface area contributed by atoms with E-state index >= 15 is 0 Å². The van der Waals surface area contributed by atoms with Crippen LogP contribution in [0.2, 0.25) is 5.02 Å². The lowest BCUT2D eigenvalue weighted by atomic mass is 10.1. The predicted molar refractivity (Wildman–Crippen MR) is 107 cm³/mol. The third kappa shape index (κ3) is 3.80. The van der Waals surface area contributed by atoms with Gasteiger partial charge in [0.25, 0.3) is 0 Å². The zero-order chi connectivity index (χ0) is 19.0. The van der Waals surface area contributed by atoms with Crippen LogP contribution in [0.25, 0.3) is 11.0 Å². The number of nitrogens with zero attached hydrogens (tertiary/aromatic N) is 1. The van der Waals surface area contributed by atoms with Crippen molar-refractivity contribution in [2.45, 2.75) is 13.5 Å². The fraction of sp³-hybridized carbons (Fsp3) is 0.286. The molecular formula is C21H22ClN2O3+. The molecule has 1 fully saturated rings. The topological polar surface area (TPSA) is 58.1 Å². The number of nitrogens with one attached hydrogen (secondary N) is 1. The number of hydrogen-bond acceptors (Lipinski definition) is 4. The summed E-state index contributed by atoms with van der Waals surface area (Å²) in [4.78, 5) is 15.7. The Morgan fingerprint density at radius 3 is 2.70 bits per heavy atom. The Balaban J connectivity index is 1.51. The van der Waals surface area contributed by atoms with Crippen molar-refractivity contribution >= 4 is 28.3 Å². The number of halogens is 1. The van der Waals surface area contributed by atoms with Gasteiger partial charge in [-0.15, -0.1) is 0 Å². The van der Waals surface area contributed by atoms with Gasteiger partial charge in [-0.2, -0.15) is 0 Å². The van der Waals surface area contributed by atoms with Crippen molar-refractivity contribution in [2.24, 2.45) is 0 Å². The highest BCUT2D eigenvalue weighted by Gasteiger charge is 2.22. The van der Waals surface area contributed by atoms with Crippen molar-refractivity contribution < 1.29 is 14.4 Å². The average Bonchev–Trinajstić information content (AvgIpc) is 2.64. The standard InChI is InChI=1S/C21H21ClN2O3/c1-14-2-3-16(22)11-19(14)24-8-6-23(7-9-24)13-15-10-21(26)27-20-12-17(25)4-5-18(15)20/h2-5,10-12,25H,6-9,13H2,1H3/p+1. The second kappa shape index (κ2) is 7.25. The largest absolute Gasteiger partial charge is 0.508 e. The molecule has 6 heteroatoms. The van der Waals surface area contributed by atoms with Crippen LogP contribution in [-0.2, 0) is 6.54 Å². The summed E-state index contributed by atoms with van der Waals surface area (Å²) in [6.45, 7) is 6.70. The van der Waals surface area contributed by atoms with Gasteiger partial charge in [0, 0.05) is 33.8 Å². The van der Waals surface area contributed by atoms with E-state index in [0.29, 0.717) is 5.58 Å². The number of anilines is 1. The number of hydrogen-bond donors (Lipinski definition) is 2. The lowest BCUT2D eigenvalue weighted by Crippen LogP contribution is -3.13. The number of piperazine rings is 1. The van der Waals surface area contributed by atoms with Crippen LogP contribution in [0.5, 0.6) is 5.75 Å². The highest BCUT2D eigenvalue weighted by molar-refractivity contribution is 6.30. The van der Waals surface area contributed by atoms with Gasteiger partial charge in [-0.3, -0.25) is 0 Å². The Morgan fingerprint density at radius 2 is 1.93 bits per heavy atom. The van der Waals surface area contributed by atoms with Crippen LogP contribution in [0.1, 0.15) is 11.1 Å². The minimum atomic E-state index is -0.379. The number of phenolic OH excluding ortho intramolecular Hbond substituents is 1. The van der Waals surface area contributed by atoms with Crippen molar-refractivity contribution in [1.82, 2.24) is 0 Å². The van der Waals surface area contributed by atoms with Crippen LogP contribution >= 0.6 is 11.6 Å². The fourth-order valence-electron chi connectivity index (χ4n) is 3.80. The number of phenols is 1. The molecule has 1 saturated heterocycles. The molecule has 0 spiro atoms. The summed E-state index contributed by atoms with van der Waals surface area (Å²) in [7, 11) is 0. The normalized spacial score (nSPS) is 15.4. The van der Waals surface area contributed by atoms with Crippen LogP contribution < -0.4 is 15.4 Å². The fourth-order valence-corrected chi connectivity index (χ4v) is 3.96. The smallest absolute Gasteiger partial charge is 0.336 e. The highest BCUT2D eigenvalue weighted by Crippen LogP contribution is 2.24. The van der Waals surface area contributed by atoms with E-state index < -0.39 is 0 Å². The predicted octanol–water partition coefficient (Wildman–Crippen LogP) is 2.37. The van der Waals surface area contributed by atoms with Gasteiger partial charge in [0.2, 0.25) is 0 Å². The molecule has 0 amide bonds. The minimum absolute atomic E-state index is 0.0978. The molecule has 0 radical (unpaired) electrons. The molecule has 5 nitrogen and oxygen atoms in total. The van der Waals surface area contributed by atoms with E-state index in [9.17, 15) is 9.90 Å². The molecule has 1 aromatic heterocycles. The Labute approximate surface area is 162 Å². The molecule has 3 aromatic rings. The lowest BCUT2D eigenvalue weighted by Gasteiger charge is -2.34. The first-order valence-corrected chi connectivity index (χ1v) is 9.48. The summed E-state index contributed by atoms with van der Waals surface area (Å²) >= 11 is 6.17. The van der Waals surface area contributed by atoms with Crippen LogP contribution in [0.15, 0.2) is 51.7 Å². The monoisotopic (exact) mass is 385 g/mol. The third-order valence-corrected chi connectivity index (χ3v) is 5.47. The second-order valence-corrected chi connectivity index (χ2v) is 7.55. The zero-order valence-electron chi connectivity index (χ0n) is 15.2. The van der Waals surface area contributed by atoms with E-state index in [-0.39, 0.29) is 11.4 Å². The molecule has 0 atom stereocenters. The van der Waals surface area contributed by atoms with Gasteiger partial charge in [0.15, 0.2) is 0 Å². The lowest BCUT2D eigenvalue weighted by molar-refractivity contribution is -0.914. The van der Waals surface area contributed by atoms with Crippen LogP contribution in [0.3, 0.4) is 0 Å². The average molecular weight is 386 g/mol.